The Balaban J connectivity index is 1.87. The van der Waals surface area contributed by atoms with Crippen molar-refractivity contribution in [2.45, 2.75) is 37.2 Å². The Morgan fingerprint density at radius 2 is 2.24 bits per heavy atom. The van der Waals surface area contributed by atoms with Crippen molar-refractivity contribution in [3.63, 3.8) is 0 Å². The van der Waals surface area contributed by atoms with Crippen LogP contribution in [0.25, 0.3) is 0 Å². The van der Waals surface area contributed by atoms with Crippen molar-refractivity contribution in [3.8, 4) is 0 Å². The highest BCUT2D eigenvalue weighted by molar-refractivity contribution is 7.85. The molecule has 0 radical (unpaired) electrons. The van der Waals surface area contributed by atoms with Gasteiger partial charge in [0.25, 0.3) is 0 Å². The summed E-state index contributed by atoms with van der Waals surface area (Å²) in [6.45, 7) is 4.44. The molecule has 0 saturated carbocycles. The molecule has 0 aliphatic carbocycles. The lowest BCUT2D eigenvalue weighted by Crippen LogP contribution is -2.41. The number of rotatable bonds is 5. The lowest BCUT2D eigenvalue weighted by molar-refractivity contribution is 0.127. The molecule has 5 heteroatoms. The van der Waals surface area contributed by atoms with Crippen molar-refractivity contribution >= 4 is 10.8 Å². The van der Waals surface area contributed by atoms with Crippen molar-refractivity contribution in [1.29, 1.82) is 0 Å². The van der Waals surface area contributed by atoms with Crippen molar-refractivity contribution < 1.29 is 13.7 Å². The van der Waals surface area contributed by atoms with Crippen LogP contribution in [0, 0.1) is 5.92 Å². The van der Waals surface area contributed by atoms with E-state index in [0.29, 0.717) is 12.0 Å². The second-order valence-corrected chi connectivity index (χ2v) is 6.67. The molecule has 17 heavy (non-hydrogen) atoms. The molecule has 1 N–H and O–H groups in total. The third-order valence-corrected chi connectivity index (χ3v) is 5.87. The molecule has 2 aliphatic heterocycles. The zero-order chi connectivity index (χ0) is 12.3. The third kappa shape index (κ3) is 3.28. The highest BCUT2D eigenvalue weighted by Gasteiger charge is 2.33. The summed E-state index contributed by atoms with van der Waals surface area (Å²) in [6.07, 6.45) is 2.17. The minimum atomic E-state index is -0.794. The largest absolute Gasteiger partial charge is 0.381 e. The van der Waals surface area contributed by atoms with E-state index >= 15 is 0 Å². The molecule has 5 unspecified atom stereocenters. The van der Waals surface area contributed by atoms with Crippen molar-refractivity contribution in [1.82, 2.24) is 5.32 Å². The summed E-state index contributed by atoms with van der Waals surface area (Å²) in [4.78, 5) is 0. The van der Waals surface area contributed by atoms with Gasteiger partial charge in [-0.25, -0.2) is 0 Å². The number of ether oxygens (including phenoxy) is 2. The van der Waals surface area contributed by atoms with Crippen LogP contribution in [0.4, 0.5) is 0 Å². The molecule has 100 valence electrons. The monoisotopic (exact) mass is 261 g/mol. The molecule has 0 aromatic heterocycles. The first kappa shape index (κ1) is 13.5. The highest BCUT2D eigenvalue weighted by Crippen LogP contribution is 2.22. The van der Waals surface area contributed by atoms with Crippen LogP contribution in [0.1, 0.15) is 19.8 Å². The Kier molecular flexibility index (Phi) is 4.97. The van der Waals surface area contributed by atoms with Gasteiger partial charge >= 0.3 is 0 Å². The van der Waals surface area contributed by atoms with E-state index in [9.17, 15) is 4.21 Å². The normalized spacial score (nSPS) is 37.2. The summed E-state index contributed by atoms with van der Waals surface area (Å²) < 4.78 is 23.2. The second-order valence-electron chi connectivity index (χ2n) is 4.97. The lowest BCUT2D eigenvalue weighted by Gasteiger charge is -2.23. The second kappa shape index (κ2) is 6.27. The van der Waals surface area contributed by atoms with Crippen LogP contribution in [-0.4, -0.2) is 54.2 Å². The van der Waals surface area contributed by atoms with E-state index in [4.69, 9.17) is 9.47 Å². The summed E-state index contributed by atoms with van der Waals surface area (Å²) in [6, 6.07) is 0.311. The molecule has 2 rings (SSSR count). The molecule has 4 nitrogen and oxygen atoms in total. The molecule has 0 aromatic rings. The van der Waals surface area contributed by atoms with Crippen LogP contribution in [0.2, 0.25) is 0 Å². The van der Waals surface area contributed by atoms with E-state index in [0.717, 1.165) is 38.4 Å². The van der Waals surface area contributed by atoms with Crippen molar-refractivity contribution in [3.05, 3.63) is 0 Å². The van der Waals surface area contributed by atoms with Gasteiger partial charge in [0.1, 0.15) is 0 Å². The lowest BCUT2D eigenvalue weighted by atomic mass is 10.0. The summed E-state index contributed by atoms with van der Waals surface area (Å²) >= 11 is 0. The number of nitrogens with one attached hydrogen (secondary N) is 1. The molecule has 2 fully saturated rings. The summed E-state index contributed by atoms with van der Waals surface area (Å²) in [5.74, 6) is 1.24. The zero-order valence-electron chi connectivity index (χ0n) is 10.7. The van der Waals surface area contributed by atoms with E-state index in [2.05, 4.69) is 5.32 Å². The zero-order valence-corrected chi connectivity index (χ0v) is 11.5. The predicted octanol–water partition coefficient (Wildman–Crippen LogP) is 0.537. The van der Waals surface area contributed by atoms with Gasteiger partial charge in [-0.15, -0.1) is 0 Å². The maximum Gasteiger partial charge on any atom is 0.0691 e. The van der Waals surface area contributed by atoms with Gasteiger partial charge in [-0.1, -0.05) is 0 Å². The fraction of sp³-hybridized carbons (Fsp3) is 1.00. The summed E-state index contributed by atoms with van der Waals surface area (Å²) in [5.41, 5.74) is 0. The average Bonchev–Trinajstić information content (AvgIpc) is 2.96. The van der Waals surface area contributed by atoms with Crippen LogP contribution < -0.4 is 5.32 Å². The van der Waals surface area contributed by atoms with E-state index in [1.807, 2.05) is 14.0 Å². The van der Waals surface area contributed by atoms with Gasteiger partial charge in [0.05, 0.1) is 18.0 Å². The molecular formula is C12H23NO3S. The third-order valence-electron chi connectivity index (χ3n) is 3.89. The molecule has 0 bridgehead atoms. The van der Waals surface area contributed by atoms with E-state index in [1.165, 1.54) is 0 Å². The maximum atomic E-state index is 12.3. The fourth-order valence-corrected chi connectivity index (χ4v) is 4.59. The maximum absolute atomic E-state index is 12.3. The van der Waals surface area contributed by atoms with Gasteiger partial charge in [0, 0.05) is 41.7 Å². The molecule has 2 heterocycles. The first-order valence-corrected chi connectivity index (χ1v) is 7.84. The Morgan fingerprint density at radius 1 is 1.41 bits per heavy atom. The van der Waals surface area contributed by atoms with Gasteiger partial charge in [-0.2, -0.15) is 0 Å². The fourth-order valence-electron chi connectivity index (χ4n) is 2.68. The first-order valence-electron chi connectivity index (χ1n) is 6.46. The average molecular weight is 261 g/mol. The SMILES string of the molecule is CNC(CS(=O)C1CCOC1C)C1CCOC1. The van der Waals surface area contributed by atoms with Crippen LogP contribution in [0.3, 0.4) is 0 Å². The Bertz CT molecular complexity index is 268. The van der Waals surface area contributed by atoms with Gasteiger partial charge in [0.15, 0.2) is 0 Å². The smallest absolute Gasteiger partial charge is 0.0691 e. The molecule has 2 saturated heterocycles. The van der Waals surface area contributed by atoms with E-state index in [-0.39, 0.29) is 11.4 Å². The molecule has 5 atom stereocenters. The standard InChI is InChI=1S/C12H23NO3S/c1-9-12(4-6-16-9)17(14)8-11(13-2)10-3-5-15-7-10/h9-13H,3-8H2,1-2H3. The predicted molar refractivity (Wildman–Crippen MR) is 68.6 cm³/mol. The number of hydrogen-bond acceptors (Lipinski definition) is 4. The van der Waals surface area contributed by atoms with E-state index in [1.54, 1.807) is 0 Å². The molecule has 0 aromatic carbocycles. The van der Waals surface area contributed by atoms with Crippen LogP contribution in [0.15, 0.2) is 0 Å². The van der Waals surface area contributed by atoms with Gasteiger partial charge in [-0.05, 0) is 26.8 Å². The Hall–Kier alpha value is 0.0300. The minimum absolute atomic E-state index is 0.146. The molecular weight excluding hydrogens is 238 g/mol. The topological polar surface area (TPSA) is 47.6 Å². The van der Waals surface area contributed by atoms with Gasteiger partial charge in [-0.3, -0.25) is 4.21 Å². The molecule has 0 spiro atoms. The summed E-state index contributed by atoms with van der Waals surface area (Å²) in [7, 11) is 1.16. The number of hydrogen-bond donors (Lipinski definition) is 1. The molecule has 2 aliphatic rings. The molecule has 0 amide bonds. The minimum Gasteiger partial charge on any atom is -0.381 e. The van der Waals surface area contributed by atoms with Crippen LogP contribution in [0.5, 0.6) is 0 Å². The highest BCUT2D eigenvalue weighted by atomic mass is 32.2. The Labute approximate surface area is 106 Å². The first-order chi connectivity index (χ1) is 8.22. The van der Waals surface area contributed by atoms with Gasteiger partial charge in [0.2, 0.25) is 0 Å². The summed E-state index contributed by atoms with van der Waals surface area (Å²) in [5, 5.41) is 3.52. The van der Waals surface area contributed by atoms with Crippen molar-refractivity contribution in [2.24, 2.45) is 5.92 Å². The van der Waals surface area contributed by atoms with Crippen molar-refractivity contribution in [2.75, 3.05) is 32.6 Å². The quantitative estimate of drug-likeness (QED) is 0.784. The Morgan fingerprint density at radius 3 is 2.76 bits per heavy atom. The van der Waals surface area contributed by atoms with Crippen LogP contribution in [-0.2, 0) is 20.3 Å². The van der Waals surface area contributed by atoms with Crippen LogP contribution >= 0.6 is 0 Å². The van der Waals surface area contributed by atoms with E-state index < -0.39 is 10.8 Å². The van der Waals surface area contributed by atoms with Gasteiger partial charge < -0.3 is 14.8 Å².